The molecule has 7 heteroatoms. The van der Waals surface area contributed by atoms with Crippen molar-refractivity contribution < 1.29 is 22.8 Å². The van der Waals surface area contributed by atoms with Gasteiger partial charge in [-0.05, 0) is 50.5 Å². The molecule has 136 valence electrons. The highest BCUT2D eigenvalue weighted by Gasteiger charge is 2.56. The van der Waals surface area contributed by atoms with E-state index in [1.807, 2.05) is 26.0 Å². The van der Waals surface area contributed by atoms with Crippen LogP contribution in [0, 0.1) is 36.7 Å². The van der Waals surface area contributed by atoms with Gasteiger partial charge in [-0.15, -0.1) is 0 Å². The number of nitrogens with one attached hydrogen (secondary N) is 2. The number of anilines is 2. The highest BCUT2D eigenvalue weighted by Crippen LogP contribution is 2.47. The molecule has 1 aliphatic rings. The highest BCUT2D eigenvalue weighted by atomic mass is 19.2. The van der Waals surface area contributed by atoms with Gasteiger partial charge in [-0.3, -0.25) is 9.59 Å². The molecule has 2 N–H and O–H groups in total. The highest BCUT2D eigenvalue weighted by molar-refractivity contribution is 6.17. The number of hydrogen-bond donors (Lipinski definition) is 2. The van der Waals surface area contributed by atoms with Crippen molar-refractivity contribution in [3.05, 3.63) is 58.9 Å². The van der Waals surface area contributed by atoms with Crippen LogP contribution in [0.2, 0.25) is 0 Å². The topological polar surface area (TPSA) is 58.2 Å². The van der Waals surface area contributed by atoms with Gasteiger partial charge in [0.05, 0.1) is 5.69 Å². The van der Waals surface area contributed by atoms with E-state index in [2.05, 4.69) is 10.6 Å². The van der Waals surface area contributed by atoms with Gasteiger partial charge in [-0.1, -0.05) is 17.7 Å². The second-order valence-electron chi connectivity index (χ2n) is 6.53. The Morgan fingerprint density at radius 1 is 0.885 bits per heavy atom. The monoisotopic (exact) mass is 362 g/mol. The minimum atomic E-state index is -1.67. The van der Waals surface area contributed by atoms with Crippen molar-refractivity contribution in [1.29, 1.82) is 0 Å². The second kappa shape index (κ2) is 6.48. The smallest absolute Gasteiger partial charge is 0.240 e. The number of carbonyl (C=O) groups excluding carboxylic acids is 2. The lowest BCUT2D eigenvalue weighted by Gasteiger charge is -2.17. The molecule has 0 spiro atoms. The molecule has 26 heavy (non-hydrogen) atoms. The molecule has 0 radical (unpaired) electrons. The third-order valence-corrected chi connectivity index (χ3v) is 4.53. The van der Waals surface area contributed by atoms with E-state index in [0.717, 1.165) is 17.2 Å². The average Bonchev–Trinajstić information content (AvgIpc) is 3.40. The molecule has 0 unspecified atom stereocenters. The van der Waals surface area contributed by atoms with E-state index in [4.69, 9.17) is 0 Å². The standard InChI is InChI=1S/C19H17F3N2O2/c1-10-3-5-13(11(2)9-10)23-17(25)19(7-8-19)18(26)24-14-6-4-12(20)15(21)16(14)22/h3-6,9H,7-8H2,1-2H3,(H,23,25)(H,24,26). The molecule has 0 aliphatic heterocycles. The molecule has 0 saturated heterocycles. The number of amides is 2. The zero-order chi connectivity index (χ0) is 19.1. The van der Waals surface area contributed by atoms with Gasteiger partial charge in [0.15, 0.2) is 17.5 Å². The number of benzene rings is 2. The largest absolute Gasteiger partial charge is 0.325 e. The van der Waals surface area contributed by atoms with Crippen LogP contribution in [-0.2, 0) is 9.59 Å². The Kier molecular flexibility index (Phi) is 4.48. The van der Waals surface area contributed by atoms with Crippen LogP contribution in [0.15, 0.2) is 30.3 Å². The summed E-state index contributed by atoms with van der Waals surface area (Å²) in [6.45, 7) is 3.75. The molecule has 3 rings (SSSR count). The van der Waals surface area contributed by atoms with Gasteiger partial charge in [0.1, 0.15) is 5.41 Å². The van der Waals surface area contributed by atoms with Gasteiger partial charge in [0, 0.05) is 5.69 Å². The lowest BCUT2D eigenvalue weighted by molar-refractivity contribution is -0.131. The number of halogens is 3. The van der Waals surface area contributed by atoms with Crippen molar-refractivity contribution in [2.75, 3.05) is 10.6 Å². The number of carbonyl (C=O) groups is 2. The molecule has 1 fully saturated rings. The molecule has 0 aromatic heterocycles. The molecule has 4 nitrogen and oxygen atoms in total. The first-order valence-corrected chi connectivity index (χ1v) is 8.08. The predicted octanol–water partition coefficient (Wildman–Crippen LogP) is 4.08. The summed E-state index contributed by atoms with van der Waals surface area (Å²) in [5.41, 5.74) is 0.627. The van der Waals surface area contributed by atoms with Crippen molar-refractivity contribution in [3.63, 3.8) is 0 Å². The Balaban J connectivity index is 1.77. The number of aryl methyl sites for hydroxylation is 2. The van der Waals surface area contributed by atoms with E-state index in [1.54, 1.807) is 6.07 Å². The summed E-state index contributed by atoms with van der Waals surface area (Å²) in [5, 5.41) is 4.90. The maximum atomic E-state index is 13.7. The Labute approximate surface area is 148 Å². The SMILES string of the molecule is Cc1ccc(NC(=O)C2(C(=O)Nc3ccc(F)c(F)c3F)CC2)c(C)c1. The molecule has 0 bridgehead atoms. The molecule has 2 aromatic rings. The normalized spacial score (nSPS) is 14.7. The number of hydrogen-bond acceptors (Lipinski definition) is 2. The van der Waals surface area contributed by atoms with E-state index in [-0.39, 0.29) is 0 Å². The Hall–Kier alpha value is -2.83. The second-order valence-corrected chi connectivity index (χ2v) is 6.53. The van der Waals surface area contributed by atoms with E-state index >= 15 is 0 Å². The maximum absolute atomic E-state index is 13.7. The van der Waals surface area contributed by atoms with Crippen LogP contribution >= 0.6 is 0 Å². The average molecular weight is 362 g/mol. The van der Waals surface area contributed by atoms with Crippen LogP contribution in [0.4, 0.5) is 24.5 Å². The van der Waals surface area contributed by atoms with E-state index in [9.17, 15) is 22.8 Å². The number of rotatable bonds is 4. The quantitative estimate of drug-likeness (QED) is 0.636. The van der Waals surface area contributed by atoms with Crippen molar-refractivity contribution in [1.82, 2.24) is 0 Å². The summed E-state index contributed by atoms with van der Waals surface area (Å²) in [7, 11) is 0. The van der Waals surface area contributed by atoms with E-state index in [1.165, 1.54) is 0 Å². The fourth-order valence-electron chi connectivity index (χ4n) is 2.74. The Morgan fingerprint density at radius 3 is 2.04 bits per heavy atom. The van der Waals surface area contributed by atoms with Gasteiger partial charge < -0.3 is 10.6 Å². The maximum Gasteiger partial charge on any atom is 0.240 e. The Morgan fingerprint density at radius 2 is 1.46 bits per heavy atom. The molecule has 0 heterocycles. The summed E-state index contributed by atoms with van der Waals surface area (Å²) >= 11 is 0. The van der Waals surface area contributed by atoms with Crippen LogP contribution in [0.5, 0.6) is 0 Å². The first kappa shape index (κ1) is 18.0. The molecule has 1 aliphatic carbocycles. The summed E-state index contributed by atoms with van der Waals surface area (Å²) in [5.74, 6) is -5.78. The summed E-state index contributed by atoms with van der Waals surface area (Å²) < 4.78 is 40.0. The molecular formula is C19H17F3N2O2. The van der Waals surface area contributed by atoms with Gasteiger partial charge in [0.25, 0.3) is 0 Å². The predicted molar refractivity (Wildman–Crippen MR) is 91.2 cm³/mol. The van der Waals surface area contributed by atoms with Crippen LogP contribution in [-0.4, -0.2) is 11.8 Å². The van der Waals surface area contributed by atoms with Crippen molar-refractivity contribution in [3.8, 4) is 0 Å². The lowest BCUT2D eigenvalue weighted by atomic mass is 10.0. The van der Waals surface area contributed by atoms with Crippen molar-refractivity contribution >= 4 is 23.2 Å². The Bertz CT molecular complexity index is 908. The molecular weight excluding hydrogens is 345 g/mol. The third-order valence-electron chi connectivity index (χ3n) is 4.53. The minimum Gasteiger partial charge on any atom is -0.325 e. The van der Waals surface area contributed by atoms with E-state index < -0.39 is 40.4 Å². The summed E-state index contributed by atoms with van der Waals surface area (Å²) in [6, 6.07) is 7.10. The summed E-state index contributed by atoms with van der Waals surface area (Å²) in [4.78, 5) is 25.0. The fraction of sp³-hybridized carbons (Fsp3) is 0.263. The molecule has 2 aromatic carbocycles. The minimum absolute atomic E-state index is 0.293. The van der Waals surface area contributed by atoms with Crippen LogP contribution in [0.25, 0.3) is 0 Å². The first-order chi connectivity index (χ1) is 12.2. The molecule has 0 atom stereocenters. The molecule has 2 amide bonds. The first-order valence-electron chi connectivity index (χ1n) is 8.08. The van der Waals surface area contributed by atoms with Gasteiger partial charge in [-0.2, -0.15) is 0 Å². The van der Waals surface area contributed by atoms with Crippen LogP contribution < -0.4 is 10.6 Å². The van der Waals surface area contributed by atoms with Gasteiger partial charge in [0.2, 0.25) is 11.8 Å². The molecule has 1 saturated carbocycles. The summed E-state index contributed by atoms with van der Waals surface area (Å²) in [6.07, 6.45) is 0.585. The zero-order valence-electron chi connectivity index (χ0n) is 14.3. The van der Waals surface area contributed by atoms with E-state index in [0.29, 0.717) is 24.6 Å². The van der Waals surface area contributed by atoms with Crippen LogP contribution in [0.1, 0.15) is 24.0 Å². The zero-order valence-corrected chi connectivity index (χ0v) is 14.3. The fourth-order valence-corrected chi connectivity index (χ4v) is 2.74. The van der Waals surface area contributed by atoms with Gasteiger partial charge >= 0.3 is 0 Å². The van der Waals surface area contributed by atoms with Crippen molar-refractivity contribution in [2.24, 2.45) is 5.41 Å². The van der Waals surface area contributed by atoms with Crippen molar-refractivity contribution in [2.45, 2.75) is 26.7 Å². The lowest BCUT2D eigenvalue weighted by Crippen LogP contribution is -2.36. The van der Waals surface area contributed by atoms with Crippen LogP contribution in [0.3, 0.4) is 0 Å². The third kappa shape index (κ3) is 3.16. The van der Waals surface area contributed by atoms with Gasteiger partial charge in [-0.25, -0.2) is 13.2 Å².